The summed E-state index contributed by atoms with van der Waals surface area (Å²) in [6.07, 6.45) is -1.39. The molecule has 1 atom stereocenters. The monoisotopic (exact) mass is 267 g/mol. The van der Waals surface area contributed by atoms with Gasteiger partial charge in [0.2, 0.25) is 5.91 Å². The first kappa shape index (κ1) is 17.3. The molecule has 108 valence electrons. The van der Waals surface area contributed by atoms with Crippen molar-refractivity contribution in [3.05, 3.63) is 0 Å². The van der Waals surface area contributed by atoms with Crippen molar-refractivity contribution < 1.29 is 18.0 Å². The number of carbonyl (C=O) groups is 1. The third-order valence-corrected chi connectivity index (χ3v) is 3.11. The molecule has 0 N–H and O–H groups in total. The van der Waals surface area contributed by atoms with Crippen LogP contribution in [-0.4, -0.2) is 30.1 Å². The summed E-state index contributed by atoms with van der Waals surface area (Å²) in [6.45, 7) is 6.06. The van der Waals surface area contributed by atoms with E-state index in [1.54, 1.807) is 13.8 Å². The zero-order chi connectivity index (χ0) is 14.2. The quantitative estimate of drug-likeness (QED) is 0.609. The Balaban J connectivity index is 4.53. The fraction of sp³-hybridized carbons (Fsp3) is 0.923. The Hall–Kier alpha value is -0.740. The summed E-state index contributed by atoms with van der Waals surface area (Å²) in [5.74, 6) is -2.60. The lowest BCUT2D eigenvalue weighted by Gasteiger charge is -2.26. The van der Waals surface area contributed by atoms with Gasteiger partial charge in [-0.3, -0.25) is 4.79 Å². The topological polar surface area (TPSA) is 20.3 Å². The van der Waals surface area contributed by atoms with E-state index in [4.69, 9.17) is 0 Å². The van der Waals surface area contributed by atoms with E-state index in [9.17, 15) is 18.0 Å². The van der Waals surface area contributed by atoms with Gasteiger partial charge in [0.05, 0.1) is 0 Å². The molecule has 1 amide bonds. The Morgan fingerprint density at radius 1 is 1.06 bits per heavy atom. The predicted molar refractivity (Wildman–Crippen MR) is 66.2 cm³/mol. The average molecular weight is 267 g/mol. The molecule has 0 saturated heterocycles. The summed E-state index contributed by atoms with van der Waals surface area (Å²) in [4.78, 5) is 13.1. The lowest BCUT2D eigenvalue weighted by molar-refractivity contribution is -0.190. The molecule has 0 aromatic heterocycles. The highest BCUT2D eigenvalue weighted by Crippen LogP contribution is 2.32. The molecule has 0 aliphatic heterocycles. The van der Waals surface area contributed by atoms with E-state index in [0.717, 1.165) is 19.3 Å². The molecule has 0 saturated carbocycles. The number of halogens is 3. The molecular weight excluding hydrogens is 243 g/mol. The highest BCUT2D eigenvalue weighted by Gasteiger charge is 2.45. The van der Waals surface area contributed by atoms with Crippen molar-refractivity contribution in [2.24, 2.45) is 5.92 Å². The molecule has 5 heteroatoms. The first-order chi connectivity index (χ1) is 8.38. The van der Waals surface area contributed by atoms with Gasteiger partial charge < -0.3 is 4.90 Å². The summed E-state index contributed by atoms with van der Waals surface area (Å²) in [5.41, 5.74) is 0. The Morgan fingerprint density at radius 2 is 1.61 bits per heavy atom. The van der Waals surface area contributed by atoms with E-state index in [2.05, 4.69) is 0 Å². The molecule has 0 aromatic rings. The van der Waals surface area contributed by atoms with Gasteiger partial charge in [-0.25, -0.2) is 0 Å². The highest BCUT2D eigenvalue weighted by atomic mass is 19.4. The van der Waals surface area contributed by atoms with Crippen LogP contribution in [0.4, 0.5) is 13.2 Å². The first-order valence-corrected chi connectivity index (χ1v) is 6.73. The molecule has 0 aromatic carbocycles. The van der Waals surface area contributed by atoms with E-state index in [0.29, 0.717) is 19.5 Å². The zero-order valence-corrected chi connectivity index (χ0v) is 11.5. The maximum absolute atomic E-state index is 12.9. The van der Waals surface area contributed by atoms with Crippen LogP contribution in [0.25, 0.3) is 0 Å². The second-order valence-electron chi connectivity index (χ2n) is 4.45. The minimum atomic E-state index is -4.42. The molecule has 0 aliphatic rings. The van der Waals surface area contributed by atoms with E-state index in [1.165, 1.54) is 4.90 Å². The average Bonchev–Trinajstić information content (AvgIpc) is 2.28. The normalized spacial score (nSPS) is 13.4. The third-order valence-electron chi connectivity index (χ3n) is 3.11. The fourth-order valence-electron chi connectivity index (χ4n) is 1.96. The van der Waals surface area contributed by atoms with Gasteiger partial charge in [0, 0.05) is 13.1 Å². The van der Waals surface area contributed by atoms with Crippen molar-refractivity contribution >= 4 is 5.91 Å². The summed E-state index contributed by atoms with van der Waals surface area (Å²) >= 11 is 0. The number of hydrogen-bond donors (Lipinski definition) is 0. The Bertz CT molecular complexity index is 237. The largest absolute Gasteiger partial charge is 0.400 e. The SMILES string of the molecule is CCCCCCC(C(=O)N(CC)CC)C(F)(F)F. The van der Waals surface area contributed by atoms with Crippen molar-refractivity contribution in [1.29, 1.82) is 0 Å². The number of rotatable bonds is 8. The van der Waals surface area contributed by atoms with Crippen molar-refractivity contribution in [1.82, 2.24) is 4.90 Å². The number of hydrogen-bond acceptors (Lipinski definition) is 1. The molecule has 0 fully saturated rings. The van der Waals surface area contributed by atoms with Crippen LogP contribution in [0, 0.1) is 5.92 Å². The molecule has 18 heavy (non-hydrogen) atoms. The van der Waals surface area contributed by atoms with Crippen LogP contribution in [-0.2, 0) is 4.79 Å². The van der Waals surface area contributed by atoms with Gasteiger partial charge in [-0.15, -0.1) is 0 Å². The number of alkyl halides is 3. The minimum absolute atomic E-state index is 0.0845. The van der Waals surface area contributed by atoms with E-state index < -0.39 is 18.0 Å². The molecule has 0 aliphatic carbocycles. The van der Waals surface area contributed by atoms with Crippen LogP contribution in [0.15, 0.2) is 0 Å². The second-order valence-corrected chi connectivity index (χ2v) is 4.45. The molecule has 0 bridgehead atoms. The number of nitrogens with zero attached hydrogens (tertiary/aromatic N) is 1. The third kappa shape index (κ3) is 5.74. The molecule has 0 rings (SSSR count). The van der Waals surface area contributed by atoms with Crippen molar-refractivity contribution in [3.8, 4) is 0 Å². The Kier molecular flexibility index (Phi) is 8.03. The van der Waals surface area contributed by atoms with Gasteiger partial charge in [-0.1, -0.05) is 32.6 Å². The van der Waals surface area contributed by atoms with Crippen molar-refractivity contribution in [3.63, 3.8) is 0 Å². The standard InChI is InChI=1S/C13H24F3NO/c1-4-7-8-9-10-11(13(14,15)16)12(18)17(5-2)6-3/h11H,4-10H2,1-3H3. The van der Waals surface area contributed by atoms with Gasteiger partial charge in [0.1, 0.15) is 5.92 Å². The zero-order valence-electron chi connectivity index (χ0n) is 11.5. The van der Waals surface area contributed by atoms with Crippen LogP contribution in [0.3, 0.4) is 0 Å². The maximum Gasteiger partial charge on any atom is 0.400 e. The number of amides is 1. The summed E-state index contributed by atoms with van der Waals surface area (Å²) in [6, 6.07) is 0. The van der Waals surface area contributed by atoms with Crippen molar-refractivity contribution in [2.75, 3.05) is 13.1 Å². The lowest BCUT2D eigenvalue weighted by atomic mass is 9.98. The van der Waals surface area contributed by atoms with Gasteiger partial charge in [0.15, 0.2) is 0 Å². The van der Waals surface area contributed by atoms with E-state index in [1.807, 2.05) is 6.92 Å². The van der Waals surface area contributed by atoms with Crippen LogP contribution in [0.2, 0.25) is 0 Å². The van der Waals surface area contributed by atoms with E-state index >= 15 is 0 Å². The van der Waals surface area contributed by atoms with Crippen LogP contribution < -0.4 is 0 Å². The van der Waals surface area contributed by atoms with Gasteiger partial charge in [-0.05, 0) is 20.3 Å². The van der Waals surface area contributed by atoms with Crippen LogP contribution >= 0.6 is 0 Å². The molecular formula is C13H24F3NO. The molecule has 0 spiro atoms. The Morgan fingerprint density at radius 3 is 2.00 bits per heavy atom. The predicted octanol–water partition coefficient (Wildman–Crippen LogP) is 4.00. The number of carbonyl (C=O) groups excluding carboxylic acids is 1. The minimum Gasteiger partial charge on any atom is -0.343 e. The Labute approximate surface area is 108 Å². The fourth-order valence-corrected chi connectivity index (χ4v) is 1.96. The molecule has 0 radical (unpaired) electrons. The summed E-state index contributed by atoms with van der Waals surface area (Å²) < 4.78 is 38.6. The molecule has 2 nitrogen and oxygen atoms in total. The smallest absolute Gasteiger partial charge is 0.343 e. The van der Waals surface area contributed by atoms with Gasteiger partial charge >= 0.3 is 6.18 Å². The maximum atomic E-state index is 12.9. The lowest BCUT2D eigenvalue weighted by Crippen LogP contribution is -2.42. The van der Waals surface area contributed by atoms with Gasteiger partial charge in [-0.2, -0.15) is 13.2 Å². The van der Waals surface area contributed by atoms with Gasteiger partial charge in [0.25, 0.3) is 0 Å². The molecule has 1 unspecified atom stereocenters. The van der Waals surface area contributed by atoms with E-state index in [-0.39, 0.29) is 6.42 Å². The highest BCUT2D eigenvalue weighted by molar-refractivity contribution is 5.79. The second kappa shape index (κ2) is 8.38. The first-order valence-electron chi connectivity index (χ1n) is 6.73. The molecule has 0 heterocycles. The summed E-state index contributed by atoms with van der Waals surface area (Å²) in [7, 11) is 0. The van der Waals surface area contributed by atoms with Crippen molar-refractivity contribution in [2.45, 2.75) is 59.1 Å². The van der Waals surface area contributed by atoms with Crippen LogP contribution in [0.1, 0.15) is 52.9 Å². The number of unbranched alkanes of at least 4 members (excludes halogenated alkanes) is 3. The van der Waals surface area contributed by atoms with Crippen LogP contribution in [0.5, 0.6) is 0 Å². The summed E-state index contributed by atoms with van der Waals surface area (Å²) in [5, 5.41) is 0.